The summed E-state index contributed by atoms with van der Waals surface area (Å²) in [6, 6.07) is 8.45. The van der Waals surface area contributed by atoms with E-state index in [1.807, 2.05) is 30.3 Å². The van der Waals surface area contributed by atoms with Crippen LogP contribution in [0.5, 0.6) is 0 Å². The molecule has 0 saturated carbocycles. The fourth-order valence-corrected chi connectivity index (χ4v) is 1.81. The molecular formula is C15H19NO5. The third kappa shape index (κ3) is 6.56. The number of rotatable bonds is 8. The molecule has 114 valence electrons. The highest BCUT2D eigenvalue weighted by atomic mass is 16.5. The SMILES string of the molecule is COC(=O)CC(NC(=O)CCCc1ccccc1)C(=O)O. The topological polar surface area (TPSA) is 92.7 Å². The van der Waals surface area contributed by atoms with Crippen LogP contribution in [-0.4, -0.2) is 36.1 Å². The second-order valence-corrected chi connectivity index (χ2v) is 4.58. The largest absolute Gasteiger partial charge is 0.480 e. The number of carboxylic acids is 1. The lowest BCUT2D eigenvalue weighted by atomic mass is 10.1. The molecule has 1 aromatic rings. The van der Waals surface area contributed by atoms with Crippen molar-refractivity contribution in [3.63, 3.8) is 0 Å². The molecule has 0 heterocycles. The summed E-state index contributed by atoms with van der Waals surface area (Å²) >= 11 is 0. The van der Waals surface area contributed by atoms with Gasteiger partial charge in [-0.25, -0.2) is 4.79 Å². The molecule has 6 nitrogen and oxygen atoms in total. The van der Waals surface area contributed by atoms with Crippen LogP contribution in [0.15, 0.2) is 30.3 Å². The maximum absolute atomic E-state index is 11.7. The Morgan fingerprint density at radius 2 is 1.90 bits per heavy atom. The van der Waals surface area contributed by atoms with E-state index in [9.17, 15) is 14.4 Å². The van der Waals surface area contributed by atoms with Gasteiger partial charge < -0.3 is 15.2 Å². The van der Waals surface area contributed by atoms with Gasteiger partial charge >= 0.3 is 11.9 Å². The second kappa shape index (κ2) is 8.73. The number of aryl methyl sites for hydroxylation is 1. The number of carbonyl (C=O) groups excluding carboxylic acids is 2. The van der Waals surface area contributed by atoms with Gasteiger partial charge in [-0.3, -0.25) is 9.59 Å². The van der Waals surface area contributed by atoms with E-state index >= 15 is 0 Å². The van der Waals surface area contributed by atoms with E-state index in [2.05, 4.69) is 10.1 Å². The van der Waals surface area contributed by atoms with Crippen molar-refractivity contribution in [1.82, 2.24) is 5.32 Å². The van der Waals surface area contributed by atoms with Gasteiger partial charge in [-0.15, -0.1) is 0 Å². The maximum Gasteiger partial charge on any atom is 0.326 e. The minimum absolute atomic E-state index is 0.208. The minimum Gasteiger partial charge on any atom is -0.480 e. The molecule has 0 aliphatic heterocycles. The van der Waals surface area contributed by atoms with Crippen molar-refractivity contribution in [1.29, 1.82) is 0 Å². The molecule has 1 rings (SSSR count). The molecule has 2 N–H and O–H groups in total. The third-order valence-electron chi connectivity index (χ3n) is 2.94. The van der Waals surface area contributed by atoms with Crippen LogP contribution in [0.4, 0.5) is 0 Å². The smallest absolute Gasteiger partial charge is 0.326 e. The van der Waals surface area contributed by atoms with Gasteiger partial charge in [0.25, 0.3) is 0 Å². The van der Waals surface area contributed by atoms with Crippen LogP contribution >= 0.6 is 0 Å². The summed E-state index contributed by atoms with van der Waals surface area (Å²) in [6.07, 6.45) is 1.18. The zero-order valence-electron chi connectivity index (χ0n) is 11.9. The molecule has 0 bridgehead atoms. The van der Waals surface area contributed by atoms with Crippen molar-refractivity contribution in [3.8, 4) is 0 Å². The lowest BCUT2D eigenvalue weighted by molar-refractivity contribution is -0.148. The number of nitrogens with one attached hydrogen (secondary N) is 1. The average molecular weight is 293 g/mol. The lowest BCUT2D eigenvalue weighted by Crippen LogP contribution is -2.42. The maximum atomic E-state index is 11.7. The van der Waals surface area contributed by atoms with Crippen LogP contribution in [0.2, 0.25) is 0 Å². The normalized spacial score (nSPS) is 11.5. The summed E-state index contributed by atoms with van der Waals surface area (Å²) in [4.78, 5) is 33.7. The summed E-state index contributed by atoms with van der Waals surface area (Å²) in [6.45, 7) is 0. The first-order valence-corrected chi connectivity index (χ1v) is 6.66. The van der Waals surface area contributed by atoms with Crippen LogP contribution in [0.25, 0.3) is 0 Å². The molecule has 21 heavy (non-hydrogen) atoms. The monoisotopic (exact) mass is 293 g/mol. The molecule has 1 atom stereocenters. The number of carbonyl (C=O) groups is 3. The van der Waals surface area contributed by atoms with Crippen LogP contribution in [-0.2, 0) is 25.5 Å². The first kappa shape index (κ1) is 16.7. The Kier molecular flexibility index (Phi) is 6.94. The van der Waals surface area contributed by atoms with Crippen LogP contribution in [0, 0.1) is 0 Å². The molecule has 1 unspecified atom stereocenters. The summed E-state index contributed by atoms with van der Waals surface area (Å²) in [5, 5.41) is 11.3. The van der Waals surface area contributed by atoms with Crippen molar-refractivity contribution < 1.29 is 24.2 Å². The Hall–Kier alpha value is -2.37. The van der Waals surface area contributed by atoms with Crippen LogP contribution in [0.1, 0.15) is 24.8 Å². The fraction of sp³-hybridized carbons (Fsp3) is 0.400. The first-order valence-electron chi connectivity index (χ1n) is 6.66. The quantitative estimate of drug-likeness (QED) is 0.701. The van der Waals surface area contributed by atoms with E-state index in [4.69, 9.17) is 5.11 Å². The predicted molar refractivity (Wildman–Crippen MR) is 75.6 cm³/mol. The first-order chi connectivity index (χ1) is 10.0. The van der Waals surface area contributed by atoms with Gasteiger partial charge in [0, 0.05) is 6.42 Å². The number of aliphatic carboxylic acids is 1. The Balaban J connectivity index is 2.36. The summed E-state index contributed by atoms with van der Waals surface area (Å²) in [5.41, 5.74) is 1.12. The number of hydrogen-bond acceptors (Lipinski definition) is 4. The minimum atomic E-state index is -1.25. The van der Waals surface area contributed by atoms with E-state index in [1.165, 1.54) is 7.11 Å². The fourth-order valence-electron chi connectivity index (χ4n) is 1.81. The number of methoxy groups -OCH3 is 1. The number of ether oxygens (including phenoxy) is 1. The average Bonchev–Trinajstić information content (AvgIpc) is 2.47. The molecule has 0 saturated heterocycles. The number of benzene rings is 1. The molecule has 0 aromatic heterocycles. The molecule has 6 heteroatoms. The number of carboxylic acid groups (broad SMARTS) is 1. The number of amides is 1. The van der Waals surface area contributed by atoms with Crippen LogP contribution < -0.4 is 5.32 Å². The summed E-state index contributed by atoms with van der Waals surface area (Å²) in [7, 11) is 1.17. The molecule has 1 aromatic carbocycles. The third-order valence-corrected chi connectivity index (χ3v) is 2.94. The van der Waals surface area contributed by atoms with E-state index < -0.39 is 18.0 Å². The molecule has 0 aliphatic carbocycles. The van der Waals surface area contributed by atoms with E-state index in [0.29, 0.717) is 6.42 Å². The zero-order valence-corrected chi connectivity index (χ0v) is 11.9. The van der Waals surface area contributed by atoms with Gasteiger partial charge in [0.2, 0.25) is 5.91 Å². The van der Waals surface area contributed by atoms with E-state index in [-0.39, 0.29) is 18.7 Å². The van der Waals surface area contributed by atoms with Crippen molar-refractivity contribution in [2.75, 3.05) is 7.11 Å². The highest BCUT2D eigenvalue weighted by molar-refractivity contribution is 5.87. The van der Waals surface area contributed by atoms with Crippen molar-refractivity contribution in [2.24, 2.45) is 0 Å². The molecule has 0 aliphatic rings. The van der Waals surface area contributed by atoms with Crippen LogP contribution in [0.3, 0.4) is 0 Å². The van der Waals surface area contributed by atoms with Gasteiger partial charge in [-0.2, -0.15) is 0 Å². The highest BCUT2D eigenvalue weighted by Gasteiger charge is 2.23. The van der Waals surface area contributed by atoms with E-state index in [1.54, 1.807) is 0 Å². The summed E-state index contributed by atoms with van der Waals surface area (Å²) < 4.78 is 4.40. The number of hydrogen-bond donors (Lipinski definition) is 2. The molecular weight excluding hydrogens is 274 g/mol. The van der Waals surface area contributed by atoms with Crippen molar-refractivity contribution in [3.05, 3.63) is 35.9 Å². The van der Waals surface area contributed by atoms with Gasteiger partial charge in [0.15, 0.2) is 0 Å². The Labute approximate surface area is 123 Å². The van der Waals surface area contributed by atoms with Gasteiger partial charge in [0.1, 0.15) is 6.04 Å². The van der Waals surface area contributed by atoms with Gasteiger partial charge in [-0.1, -0.05) is 30.3 Å². The van der Waals surface area contributed by atoms with Gasteiger partial charge in [0.05, 0.1) is 13.5 Å². The molecule has 0 spiro atoms. The standard InChI is InChI=1S/C15H19NO5/c1-21-14(18)10-12(15(19)20)16-13(17)9-5-8-11-6-3-2-4-7-11/h2-4,6-7,12H,5,8-10H2,1H3,(H,16,17)(H,19,20). The Morgan fingerprint density at radius 3 is 2.48 bits per heavy atom. The van der Waals surface area contributed by atoms with E-state index in [0.717, 1.165) is 12.0 Å². The Bertz CT molecular complexity index is 486. The lowest BCUT2D eigenvalue weighted by Gasteiger charge is -2.13. The van der Waals surface area contributed by atoms with Gasteiger partial charge in [-0.05, 0) is 18.4 Å². The predicted octanol–water partition coefficient (Wildman–Crippen LogP) is 1.14. The molecule has 0 fully saturated rings. The zero-order chi connectivity index (χ0) is 15.7. The summed E-state index contributed by atoms with van der Waals surface area (Å²) in [5.74, 6) is -2.31. The number of esters is 1. The Morgan fingerprint density at radius 1 is 1.24 bits per heavy atom. The molecule has 0 radical (unpaired) electrons. The second-order valence-electron chi connectivity index (χ2n) is 4.58. The van der Waals surface area contributed by atoms with Crippen molar-refractivity contribution in [2.45, 2.75) is 31.7 Å². The van der Waals surface area contributed by atoms with Crippen molar-refractivity contribution >= 4 is 17.8 Å². The highest BCUT2D eigenvalue weighted by Crippen LogP contribution is 2.05. The molecule has 1 amide bonds.